The molecule has 7 heteroatoms. The van der Waals surface area contributed by atoms with Crippen molar-refractivity contribution in [1.29, 1.82) is 0 Å². The fraction of sp³-hybridized carbons (Fsp3) is 0.444. The van der Waals surface area contributed by atoms with Crippen LogP contribution in [0.4, 0.5) is 0 Å². The maximum absolute atomic E-state index is 13.1. The van der Waals surface area contributed by atoms with Crippen molar-refractivity contribution in [2.24, 2.45) is 11.8 Å². The fourth-order valence-corrected chi connectivity index (χ4v) is 4.95. The number of amides is 1. The molecule has 180 valence electrons. The SMILES string of the molecule is CCOc1ccc(-n2nc(C(=O)NCCCN3C[C@H](C)C[C@H](C)C3)c3ccccc3c2=O)cc1. The Kier molecular flexibility index (Phi) is 7.63. The number of likely N-dealkylation sites (tertiary alicyclic amines) is 1. The molecule has 34 heavy (non-hydrogen) atoms. The third-order valence-electron chi connectivity index (χ3n) is 6.29. The lowest BCUT2D eigenvalue weighted by Gasteiger charge is -2.34. The van der Waals surface area contributed by atoms with Gasteiger partial charge < -0.3 is 15.0 Å². The Morgan fingerprint density at radius 3 is 2.41 bits per heavy atom. The van der Waals surface area contributed by atoms with Crippen LogP contribution in [0.3, 0.4) is 0 Å². The van der Waals surface area contributed by atoms with Crippen molar-refractivity contribution in [2.75, 3.05) is 32.8 Å². The molecule has 1 aliphatic heterocycles. The van der Waals surface area contributed by atoms with Gasteiger partial charge >= 0.3 is 0 Å². The van der Waals surface area contributed by atoms with Crippen LogP contribution in [0.5, 0.6) is 5.75 Å². The highest BCUT2D eigenvalue weighted by molar-refractivity contribution is 6.04. The zero-order valence-electron chi connectivity index (χ0n) is 20.3. The van der Waals surface area contributed by atoms with Crippen LogP contribution in [0.15, 0.2) is 53.3 Å². The molecular formula is C27H34N4O3. The monoisotopic (exact) mass is 462 g/mol. The van der Waals surface area contributed by atoms with Crippen molar-refractivity contribution in [1.82, 2.24) is 20.0 Å². The van der Waals surface area contributed by atoms with Gasteiger partial charge in [0.2, 0.25) is 0 Å². The third-order valence-corrected chi connectivity index (χ3v) is 6.29. The first kappa shape index (κ1) is 24.0. The topological polar surface area (TPSA) is 76.5 Å². The number of hydrogen-bond acceptors (Lipinski definition) is 5. The molecule has 2 aromatic carbocycles. The number of benzene rings is 2. The molecule has 4 rings (SSSR count). The Morgan fingerprint density at radius 2 is 1.74 bits per heavy atom. The van der Waals surface area contributed by atoms with Crippen LogP contribution in [0, 0.1) is 11.8 Å². The van der Waals surface area contributed by atoms with E-state index in [-0.39, 0.29) is 17.2 Å². The summed E-state index contributed by atoms with van der Waals surface area (Å²) in [7, 11) is 0. The molecule has 7 nitrogen and oxygen atoms in total. The van der Waals surface area contributed by atoms with Crippen molar-refractivity contribution in [3.8, 4) is 11.4 Å². The van der Waals surface area contributed by atoms with E-state index < -0.39 is 0 Å². The first-order chi connectivity index (χ1) is 16.5. The van der Waals surface area contributed by atoms with Crippen LogP contribution < -0.4 is 15.6 Å². The van der Waals surface area contributed by atoms with Gasteiger partial charge in [0.1, 0.15) is 5.75 Å². The molecule has 1 aliphatic rings. The highest BCUT2D eigenvalue weighted by Gasteiger charge is 2.21. The lowest BCUT2D eigenvalue weighted by atomic mass is 9.92. The summed E-state index contributed by atoms with van der Waals surface area (Å²) in [6.07, 6.45) is 2.16. The van der Waals surface area contributed by atoms with Gasteiger partial charge in [0.25, 0.3) is 11.5 Å². The Labute approximate surface area is 200 Å². The standard InChI is InChI=1S/C27H34N4O3/c1-4-34-22-12-10-21(11-13-22)31-27(33)24-9-6-5-8-23(24)25(29-31)26(32)28-14-7-15-30-17-19(2)16-20(3)18-30/h5-6,8-13,19-20H,4,7,14-18H2,1-3H3,(H,28,32)/t19-,20+. The molecule has 0 saturated carbocycles. The summed E-state index contributed by atoms with van der Waals surface area (Å²) in [5.41, 5.74) is 0.579. The summed E-state index contributed by atoms with van der Waals surface area (Å²) in [5.74, 6) is 1.89. The van der Waals surface area contributed by atoms with Crippen LogP contribution >= 0.6 is 0 Å². The molecular weight excluding hydrogens is 428 g/mol. The smallest absolute Gasteiger partial charge is 0.279 e. The van der Waals surface area contributed by atoms with Crippen molar-refractivity contribution < 1.29 is 9.53 Å². The predicted octanol–water partition coefficient (Wildman–Crippen LogP) is 3.88. The summed E-state index contributed by atoms with van der Waals surface area (Å²) in [5, 5.41) is 8.52. The van der Waals surface area contributed by atoms with Gasteiger partial charge in [-0.1, -0.05) is 32.0 Å². The number of carbonyl (C=O) groups is 1. The van der Waals surface area contributed by atoms with Gasteiger partial charge in [0, 0.05) is 25.0 Å². The van der Waals surface area contributed by atoms with Gasteiger partial charge in [-0.15, -0.1) is 0 Å². The van der Waals surface area contributed by atoms with Gasteiger partial charge in [0.05, 0.1) is 17.7 Å². The molecule has 0 aliphatic carbocycles. The van der Waals surface area contributed by atoms with Crippen molar-refractivity contribution >= 4 is 16.7 Å². The molecule has 1 amide bonds. The molecule has 2 atom stereocenters. The summed E-state index contributed by atoms with van der Waals surface area (Å²) in [4.78, 5) is 28.8. The Bertz CT molecular complexity index is 1180. The zero-order chi connectivity index (χ0) is 24.1. The lowest BCUT2D eigenvalue weighted by Crippen LogP contribution is -2.40. The maximum atomic E-state index is 13.1. The second-order valence-electron chi connectivity index (χ2n) is 9.35. The summed E-state index contributed by atoms with van der Waals surface area (Å²) in [6.45, 7) is 10.9. The van der Waals surface area contributed by atoms with E-state index in [0.29, 0.717) is 29.6 Å². The number of piperidine rings is 1. The number of nitrogens with one attached hydrogen (secondary N) is 1. The molecule has 0 bridgehead atoms. The average molecular weight is 463 g/mol. The number of aromatic nitrogens is 2. The minimum Gasteiger partial charge on any atom is -0.494 e. The zero-order valence-corrected chi connectivity index (χ0v) is 20.3. The van der Waals surface area contributed by atoms with Crippen LogP contribution in [0.2, 0.25) is 0 Å². The first-order valence-corrected chi connectivity index (χ1v) is 12.2. The number of carbonyl (C=O) groups excluding carboxylic acids is 1. The largest absolute Gasteiger partial charge is 0.494 e. The Hall–Kier alpha value is -3.19. The fourth-order valence-electron chi connectivity index (χ4n) is 4.95. The first-order valence-electron chi connectivity index (χ1n) is 12.2. The number of ether oxygens (including phenoxy) is 1. The van der Waals surface area contributed by atoms with Crippen molar-refractivity contribution in [2.45, 2.75) is 33.6 Å². The summed E-state index contributed by atoms with van der Waals surface area (Å²) < 4.78 is 6.79. The predicted molar refractivity (Wildman–Crippen MR) is 135 cm³/mol. The molecule has 1 saturated heterocycles. The minimum absolute atomic E-state index is 0.254. The van der Waals surface area contributed by atoms with Crippen LogP contribution in [0.1, 0.15) is 44.1 Å². The van der Waals surface area contributed by atoms with E-state index >= 15 is 0 Å². The van der Waals surface area contributed by atoms with Crippen LogP contribution in [-0.4, -0.2) is 53.4 Å². The van der Waals surface area contributed by atoms with E-state index in [4.69, 9.17) is 4.74 Å². The molecule has 0 radical (unpaired) electrons. The van der Waals surface area contributed by atoms with Crippen LogP contribution in [-0.2, 0) is 0 Å². The number of nitrogens with zero attached hydrogens (tertiary/aromatic N) is 3. The Morgan fingerprint density at radius 1 is 1.06 bits per heavy atom. The van der Waals surface area contributed by atoms with E-state index in [1.165, 1.54) is 11.1 Å². The molecule has 3 aromatic rings. The summed E-state index contributed by atoms with van der Waals surface area (Å²) in [6, 6.07) is 14.3. The second-order valence-corrected chi connectivity index (χ2v) is 9.35. The minimum atomic E-state index is -0.267. The number of hydrogen-bond donors (Lipinski definition) is 1. The Balaban J connectivity index is 1.51. The van der Waals surface area contributed by atoms with E-state index in [1.807, 2.05) is 13.0 Å². The lowest BCUT2D eigenvalue weighted by molar-refractivity contribution is 0.0942. The molecule has 0 unspecified atom stereocenters. The van der Waals surface area contributed by atoms with E-state index in [1.54, 1.807) is 42.5 Å². The van der Waals surface area contributed by atoms with E-state index in [9.17, 15) is 9.59 Å². The van der Waals surface area contributed by atoms with Crippen LogP contribution in [0.25, 0.3) is 16.5 Å². The maximum Gasteiger partial charge on any atom is 0.279 e. The van der Waals surface area contributed by atoms with Gasteiger partial charge in [-0.05, 0) is 68.5 Å². The van der Waals surface area contributed by atoms with E-state index in [2.05, 4.69) is 29.2 Å². The highest BCUT2D eigenvalue weighted by atomic mass is 16.5. The highest BCUT2D eigenvalue weighted by Crippen LogP contribution is 2.21. The average Bonchev–Trinajstić information content (AvgIpc) is 2.82. The molecule has 1 N–H and O–H groups in total. The van der Waals surface area contributed by atoms with Gasteiger partial charge in [-0.25, -0.2) is 0 Å². The van der Waals surface area contributed by atoms with Gasteiger partial charge in [0.15, 0.2) is 5.69 Å². The molecule has 1 aromatic heterocycles. The number of fused-ring (bicyclic) bond motifs is 1. The second kappa shape index (κ2) is 10.8. The molecule has 0 spiro atoms. The molecule has 2 heterocycles. The quantitative estimate of drug-likeness (QED) is 0.514. The summed E-state index contributed by atoms with van der Waals surface area (Å²) >= 11 is 0. The van der Waals surface area contributed by atoms with Gasteiger partial charge in [-0.3, -0.25) is 9.59 Å². The van der Waals surface area contributed by atoms with Crippen molar-refractivity contribution in [3.63, 3.8) is 0 Å². The third kappa shape index (κ3) is 5.47. The van der Waals surface area contributed by atoms with E-state index in [0.717, 1.165) is 43.6 Å². The normalized spacial score (nSPS) is 18.7. The van der Waals surface area contributed by atoms with Gasteiger partial charge in [-0.2, -0.15) is 9.78 Å². The van der Waals surface area contributed by atoms with Crippen molar-refractivity contribution in [3.05, 3.63) is 64.6 Å². The molecule has 1 fully saturated rings. The number of rotatable bonds is 8.